The van der Waals surface area contributed by atoms with Crippen LogP contribution in [0.25, 0.3) is 0 Å². The molecule has 0 spiro atoms. The summed E-state index contributed by atoms with van der Waals surface area (Å²) in [6.07, 6.45) is -9.21. The van der Waals surface area contributed by atoms with Gasteiger partial charge in [0.1, 0.15) is 30.5 Å². The lowest BCUT2D eigenvalue weighted by Gasteiger charge is -2.26. The van der Waals surface area contributed by atoms with E-state index in [1.54, 1.807) is 0 Å². The van der Waals surface area contributed by atoms with E-state index in [0.29, 0.717) is 0 Å². The van der Waals surface area contributed by atoms with Crippen molar-refractivity contribution in [2.24, 2.45) is 0 Å². The van der Waals surface area contributed by atoms with Crippen LogP contribution in [0.4, 0.5) is 0 Å². The number of carbonyl (C=O) groups excluding carboxylic acids is 1. The van der Waals surface area contributed by atoms with Crippen LogP contribution in [0.3, 0.4) is 0 Å². The van der Waals surface area contributed by atoms with Crippen LogP contribution in [0, 0.1) is 0 Å². The maximum Gasteiger partial charge on any atom is 0.151 e. The highest BCUT2D eigenvalue weighted by molar-refractivity contribution is 5.56. The first-order valence-electron chi connectivity index (χ1n) is 3.92. The Morgan fingerprint density at radius 1 is 0.929 bits per heavy atom. The molecular weight excluding hydrogens is 196 g/mol. The molecule has 0 aromatic rings. The molecule has 0 aliphatic heterocycles. The summed E-state index contributed by atoms with van der Waals surface area (Å²) in [5, 5.41) is 53.2. The minimum absolute atomic E-state index is 0.0219. The second kappa shape index (κ2) is 6.02. The van der Waals surface area contributed by atoms with E-state index in [4.69, 9.17) is 30.6 Å². The second-order valence-electron chi connectivity index (χ2n) is 2.85. The van der Waals surface area contributed by atoms with Gasteiger partial charge in [-0.15, -0.1) is 0 Å². The molecule has 0 rings (SSSR count). The fourth-order valence-corrected chi connectivity index (χ4v) is 0.820. The summed E-state index contributed by atoms with van der Waals surface area (Å²) < 4.78 is 0. The van der Waals surface area contributed by atoms with E-state index in [1.165, 1.54) is 0 Å². The molecule has 7 nitrogen and oxygen atoms in total. The van der Waals surface area contributed by atoms with Crippen molar-refractivity contribution in [1.82, 2.24) is 0 Å². The summed E-state index contributed by atoms with van der Waals surface area (Å²) in [5.41, 5.74) is 0. The van der Waals surface area contributed by atoms with Crippen molar-refractivity contribution in [3.8, 4) is 0 Å². The minimum Gasteiger partial charge on any atom is -0.394 e. The summed E-state index contributed by atoms with van der Waals surface area (Å²) in [7, 11) is 0. The van der Waals surface area contributed by atoms with E-state index in [0.717, 1.165) is 0 Å². The second-order valence-corrected chi connectivity index (χ2v) is 2.85. The van der Waals surface area contributed by atoms with Gasteiger partial charge < -0.3 is 35.4 Å². The first-order chi connectivity index (χ1) is 6.45. The molecule has 14 heavy (non-hydrogen) atoms. The van der Waals surface area contributed by atoms with Gasteiger partial charge in [0, 0.05) is 0 Å². The molecule has 0 aromatic carbocycles. The normalized spacial score (nSPS) is 22.1. The molecule has 84 valence electrons. The average Bonchev–Trinajstić information content (AvgIpc) is 2.23. The molecule has 0 aliphatic rings. The molecule has 0 radical (unpaired) electrons. The van der Waals surface area contributed by atoms with Crippen LogP contribution in [0.5, 0.6) is 0 Å². The highest BCUT2D eigenvalue weighted by atomic mass is 16.4. The Morgan fingerprint density at radius 3 is 1.79 bits per heavy atom. The summed E-state index contributed by atoms with van der Waals surface area (Å²) in [5.74, 6) is 0. The Bertz CT molecular complexity index is 173. The van der Waals surface area contributed by atoms with Crippen molar-refractivity contribution in [1.29, 1.82) is 0 Å². The SMILES string of the molecule is O=CC(O)[C@@H](O)[C@@H](O)[C@H](O)[C@H](O)CO. The molecule has 0 amide bonds. The number of hydrogen-bond acceptors (Lipinski definition) is 7. The average molecular weight is 210 g/mol. The van der Waals surface area contributed by atoms with Gasteiger partial charge in [-0.25, -0.2) is 0 Å². The van der Waals surface area contributed by atoms with Gasteiger partial charge in [-0.3, -0.25) is 0 Å². The van der Waals surface area contributed by atoms with E-state index in [2.05, 4.69) is 0 Å². The smallest absolute Gasteiger partial charge is 0.151 e. The molecule has 6 N–H and O–H groups in total. The molecule has 0 aromatic heterocycles. The van der Waals surface area contributed by atoms with E-state index < -0.39 is 37.1 Å². The molecule has 0 saturated heterocycles. The molecule has 7 heteroatoms. The van der Waals surface area contributed by atoms with Crippen molar-refractivity contribution in [2.75, 3.05) is 6.61 Å². The van der Waals surface area contributed by atoms with Gasteiger partial charge in [-0.1, -0.05) is 0 Å². The monoisotopic (exact) mass is 210 g/mol. The van der Waals surface area contributed by atoms with Gasteiger partial charge in [0.25, 0.3) is 0 Å². The lowest BCUT2D eigenvalue weighted by molar-refractivity contribution is -0.147. The Labute approximate surface area is 79.9 Å². The quantitative estimate of drug-likeness (QED) is 0.245. The fraction of sp³-hybridized carbons (Fsp3) is 0.857. The lowest BCUT2D eigenvalue weighted by Crippen LogP contribution is -2.50. The van der Waals surface area contributed by atoms with Crippen molar-refractivity contribution < 1.29 is 35.4 Å². The topological polar surface area (TPSA) is 138 Å². The van der Waals surface area contributed by atoms with Crippen LogP contribution >= 0.6 is 0 Å². The highest BCUT2D eigenvalue weighted by Crippen LogP contribution is 2.07. The van der Waals surface area contributed by atoms with Gasteiger partial charge in [0.05, 0.1) is 6.61 Å². The van der Waals surface area contributed by atoms with E-state index >= 15 is 0 Å². The molecule has 0 fully saturated rings. The van der Waals surface area contributed by atoms with Crippen molar-refractivity contribution in [3.63, 3.8) is 0 Å². The van der Waals surface area contributed by atoms with Gasteiger partial charge in [0.2, 0.25) is 0 Å². The number of aliphatic hydroxyl groups excluding tert-OH is 6. The molecule has 0 heterocycles. The van der Waals surface area contributed by atoms with Crippen molar-refractivity contribution in [2.45, 2.75) is 30.5 Å². The Hall–Kier alpha value is -0.570. The van der Waals surface area contributed by atoms with Crippen molar-refractivity contribution in [3.05, 3.63) is 0 Å². The summed E-state index contributed by atoms with van der Waals surface area (Å²) in [6, 6.07) is 0. The number of hydrogen-bond donors (Lipinski definition) is 6. The van der Waals surface area contributed by atoms with Crippen LogP contribution < -0.4 is 0 Å². The highest BCUT2D eigenvalue weighted by Gasteiger charge is 2.33. The zero-order chi connectivity index (χ0) is 11.3. The van der Waals surface area contributed by atoms with Gasteiger partial charge in [0.15, 0.2) is 6.29 Å². The Balaban J connectivity index is 4.29. The van der Waals surface area contributed by atoms with Gasteiger partial charge in [-0.2, -0.15) is 0 Å². The number of aldehydes is 1. The third-order valence-electron chi connectivity index (χ3n) is 1.77. The van der Waals surface area contributed by atoms with Crippen LogP contribution in [0.15, 0.2) is 0 Å². The summed E-state index contributed by atoms with van der Waals surface area (Å²) in [6.45, 7) is -0.817. The van der Waals surface area contributed by atoms with Crippen LogP contribution in [-0.2, 0) is 4.79 Å². The van der Waals surface area contributed by atoms with E-state index in [-0.39, 0.29) is 6.29 Å². The third kappa shape index (κ3) is 3.29. The summed E-state index contributed by atoms with van der Waals surface area (Å²) >= 11 is 0. The maximum absolute atomic E-state index is 10.00. The number of rotatable bonds is 6. The predicted molar refractivity (Wildman–Crippen MR) is 43.2 cm³/mol. The van der Waals surface area contributed by atoms with Gasteiger partial charge in [-0.05, 0) is 0 Å². The molecule has 0 aliphatic carbocycles. The van der Waals surface area contributed by atoms with Gasteiger partial charge >= 0.3 is 0 Å². The number of carbonyl (C=O) groups is 1. The summed E-state index contributed by atoms with van der Waals surface area (Å²) in [4.78, 5) is 10.00. The molecule has 0 bridgehead atoms. The largest absolute Gasteiger partial charge is 0.394 e. The zero-order valence-corrected chi connectivity index (χ0v) is 7.26. The minimum atomic E-state index is -1.92. The van der Waals surface area contributed by atoms with Crippen LogP contribution in [-0.4, -0.2) is 74.1 Å². The van der Waals surface area contributed by atoms with Crippen LogP contribution in [0.1, 0.15) is 0 Å². The van der Waals surface area contributed by atoms with Crippen molar-refractivity contribution >= 4 is 6.29 Å². The Kier molecular flexibility index (Phi) is 5.77. The van der Waals surface area contributed by atoms with E-state index in [1.807, 2.05) is 0 Å². The molecule has 5 atom stereocenters. The standard InChI is InChI=1S/C7H14O7/c8-1-3(10)5(12)7(14)6(13)4(11)2-9/h1,3-7,9-14H,2H2/t3?,4-,5-,6-,7-/m1/s1. The number of aliphatic hydroxyl groups is 6. The molecule has 1 unspecified atom stereocenters. The molecule has 0 saturated carbocycles. The lowest BCUT2D eigenvalue weighted by atomic mass is 10.0. The molecular formula is C7H14O7. The van der Waals surface area contributed by atoms with Crippen LogP contribution in [0.2, 0.25) is 0 Å². The Morgan fingerprint density at radius 2 is 1.43 bits per heavy atom. The maximum atomic E-state index is 10.00. The zero-order valence-electron chi connectivity index (χ0n) is 7.26. The first kappa shape index (κ1) is 13.4. The predicted octanol–water partition coefficient (Wildman–Crippen LogP) is -4.02. The first-order valence-corrected chi connectivity index (χ1v) is 3.92. The third-order valence-corrected chi connectivity index (χ3v) is 1.77. The fourth-order valence-electron chi connectivity index (χ4n) is 0.820. The van der Waals surface area contributed by atoms with E-state index in [9.17, 15) is 4.79 Å².